The molecule has 51 heavy (non-hydrogen) atoms. The molecule has 0 unspecified atom stereocenters. The van der Waals surface area contributed by atoms with E-state index in [-0.39, 0.29) is 0 Å². The van der Waals surface area contributed by atoms with E-state index in [0.29, 0.717) is 5.82 Å². The molecule has 2 aliphatic rings. The first kappa shape index (κ1) is 28.6. The third kappa shape index (κ3) is 4.02. The molecule has 0 saturated heterocycles. The van der Waals surface area contributed by atoms with Gasteiger partial charge in [-0.15, -0.1) is 0 Å². The lowest BCUT2D eigenvalue weighted by atomic mass is 9.67. The molecule has 0 radical (unpaired) electrons. The number of fused-ring (bicyclic) bond motifs is 12. The van der Waals surface area contributed by atoms with E-state index in [9.17, 15) is 0 Å². The van der Waals surface area contributed by atoms with Crippen LogP contribution in [0.1, 0.15) is 22.3 Å². The lowest BCUT2D eigenvalue weighted by molar-refractivity contribution is 0.723. The summed E-state index contributed by atoms with van der Waals surface area (Å²) in [6.07, 6.45) is 0. The van der Waals surface area contributed by atoms with E-state index in [2.05, 4.69) is 156 Å². The van der Waals surface area contributed by atoms with Crippen molar-refractivity contribution in [1.82, 2.24) is 14.5 Å². The first-order valence-corrected chi connectivity index (χ1v) is 18.2. The maximum atomic E-state index is 5.33. The van der Waals surface area contributed by atoms with Gasteiger partial charge in [-0.2, -0.15) is 0 Å². The number of benzene rings is 7. The van der Waals surface area contributed by atoms with Crippen LogP contribution in [0.15, 0.2) is 186 Å². The van der Waals surface area contributed by atoms with Gasteiger partial charge in [0, 0.05) is 37.8 Å². The van der Waals surface area contributed by atoms with Crippen molar-refractivity contribution in [2.75, 3.05) is 0 Å². The molecule has 9 aromatic rings. The van der Waals surface area contributed by atoms with Gasteiger partial charge in [0.05, 0.1) is 22.1 Å². The van der Waals surface area contributed by atoms with Gasteiger partial charge >= 0.3 is 0 Å². The minimum Gasteiger partial charge on any atom is -0.294 e. The summed E-state index contributed by atoms with van der Waals surface area (Å²) in [4.78, 5) is 13.0. The van der Waals surface area contributed by atoms with Crippen molar-refractivity contribution < 1.29 is 0 Å². The largest absolute Gasteiger partial charge is 0.294 e. The van der Waals surface area contributed by atoms with Crippen LogP contribution in [0.3, 0.4) is 0 Å². The molecule has 0 saturated carbocycles. The van der Waals surface area contributed by atoms with Crippen molar-refractivity contribution >= 4 is 33.6 Å². The minimum absolute atomic E-state index is 0.462. The Morgan fingerprint density at radius 2 is 1.04 bits per heavy atom. The van der Waals surface area contributed by atoms with Crippen molar-refractivity contribution in [2.24, 2.45) is 0 Å². The van der Waals surface area contributed by atoms with Gasteiger partial charge in [-0.3, -0.25) is 4.57 Å². The maximum absolute atomic E-state index is 5.33. The molecule has 2 aromatic heterocycles. The fraction of sp³-hybridized carbons (Fsp3) is 0.0213. The average molecular weight is 668 g/mol. The molecule has 3 heterocycles. The highest BCUT2D eigenvalue weighted by molar-refractivity contribution is 7.99. The summed E-state index contributed by atoms with van der Waals surface area (Å²) in [5.74, 6) is 1.55. The van der Waals surface area contributed by atoms with Crippen molar-refractivity contribution in [3.63, 3.8) is 0 Å². The average Bonchev–Trinajstić information content (AvgIpc) is 3.68. The first-order chi connectivity index (χ1) is 25.3. The topological polar surface area (TPSA) is 30.7 Å². The first-order valence-electron chi connectivity index (χ1n) is 17.3. The van der Waals surface area contributed by atoms with E-state index >= 15 is 0 Å². The highest BCUT2D eigenvalue weighted by Gasteiger charge is 2.50. The zero-order chi connectivity index (χ0) is 33.5. The molecule has 11 rings (SSSR count). The lowest BCUT2D eigenvalue weighted by Gasteiger charge is -2.39. The predicted molar refractivity (Wildman–Crippen MR) is 209 cm³/mol. The third-order valence-corrected chi connectivity index (χ3v) is 11.8. The quantitative estimate of drug-likeness (QED) is 0.188. The standard InChI is InChI=1S/C47H29N3S/c1-3-15-30(16-4-1)40-29-45(49-46(48-40)31-17-5-2-6-18-31)50-41-25-13-9-21-34(41)35-27-44-39(28-42(35)50)47(38-24-12-14-26-43(38)51-44)36-22-10-7-19-32(36)33-20-8-11-23-37(33)47/h1-29H. The van der Waals surface area contributed by atoms with Crippen LogP contribution in [-0.2, 0) is 5.41 Å². The molecule has 0 amide bonds. The Balaban J connectivity index is 1.27. The molecule has 7 aromatic carbocycles. The van der Waals surface area contributed by atoms with Crippen LogP contribution in [-0.4, -0.2) is 14.5 Å². The molecule has 1 aliphatic carbocycles. The Labute approximate surface area is 299 Å². The van der Waals surface area contributed by atoms with Crippen molar-refractivity contribution in [2.45, 2.75) is 15.2 Å². The van der Waals surface area contributed by atoms with E-state index in [4.69, 9.17) is 9.97 Å². The van der Waals surface area contributed by atoms with Crippen LogP contribution >= 0.6 is 11.8 Å². The fourth-order valence-corrected chi connectivity index (χ4v) is 9.80. The van der Waals surface area contributed by atoms with Crippen LogP contribution in [0.4, 0.5) is 0 Å². The summed E-state index contributed by atoms with van der Waals surface area (Å²) in [6.45, 7) is 0. The summed E-state index contributed by atoms with van der Waals surface area (Å²) >= 11 is 1.89. The molecular formula is C47H29N3S. The zero-order valence-electron chi connectivity index (χ0n) is 27.5. The van der Waals surface area contributed by atoms with Gasteiger partial charge in [-0.1, -0.05) is 157 Å². The summed E-state index contributed by atoms with van der Waals surface area (Å²) in [5, 5.41) is 2.42. The van der Waals surface area contributed by atoms with Gasteiger partial charge < -0.3 is 0 Å². The van der Waals surface area contributed by atoms with E-state index in [1.54, 1.807) is 0 Å². The Morgan fingerprint density at radius 3 is 1.78 bits per heavy atom. The number of rotatable bonds is 3. The van der Waals surface area contributed by atoms with E-state index in [1.807, 2.05) is 36.0 Å². The number of hydrogen-bond acceptors (Lipinski definition) is 3. The molecular weight excluding hydrogens is 639 g/mol. The number of para-hydroxylation sites is 1. The molecule has 3 nitrogen and oxygen atoms in total. The van der Waals surface area contributed by atoms with E-state index in [0.717, 1.165) is 33.7 Å². The Kier molecular flexibility index (Phi) is 6.10. The fourth-order valence-electron chi connectivity index (χ4n) is 8.59. The normalized spacial score (nSPS) is 13.6. The smallest absolute Gasteiger partial charge is 0.162 e. The minimum atomic E-state index is -0.462. The van der Waals surface area contributed by atoms with Gasteiger partial charge in [-0.25, -0.2) is 9.97 Å². The van der Waals surface area contributed by atoms with Crippen molar-refractivity contribution in [3.8, 4) is 39.6 Å². The van der Waals surface area contributed by atoms with E-state index < -0.39 is 5.41 Å². The summed E-state index contributed by atoms with van der Waals surface area (Å²) < 4.78 is 2.36. The molecule has 1 spiro atoms. The zero-order valence-corrected chi connectivity index (χ0v) is 28.3. The van der Waals surface area contributed by atoms with Gasteiger partial charge in [0.1, 0.15) is 5.82 Å². The molecule has 0 bridgehead atoms. The lowest BCUT2D eigenvalue weighted by Crippen LogP contribution is -2.32. The molecule has 4 heteroatoms. The van der Waals surface area contributed by atoms with Crippen LogP contribution in [0, 0.1) is 0 Å². The number of hydrogen-bond donors (Lipinski definition) is 0. The number of aromatic nitrogens is 3. The van der Waals surface area contributed by atoms with Crippen molar-refractivity contribution in [1.29, 1.82) is 0 Å². The monoisotopic (exact) mass is 667 g/mol. The summed E-state index contributed by atoms with van der Waals surface area (Å²) in [7, 11) is 0. The Hall–Kier alpha value is -6.23. The van der Waals surface area contributed by atoms with Gasteiger partial charge in [0.2, 0.25) is 0 Å². The summed E-state index contributed by atoms with van der Waals surface area (Å²) in [6, 6.07) is 63.5. The third-order valence-electron chi connectivity index (χ3n) is 10.7. The number of nitrogens with zero attached hydrogens (tertiary/aromatic N) is 3. The molecule has 0 atom stereocenters. The summed E-state index contributed by atoms with van der Waals surface area (Å²) in [5.41, 5.74) is 12.6. The molecule has 1 aliphatic heterocycles. The molecule has 0 fully saturated rings. The highest BCUT2D eigenvalue weighted by Crippen LogP contribution is 2.62. The maximum Gasteiger partial charge on any atom is 0.162 e. The van der Waals surface area contributed by atoms with Crippen molar-refractivity contribution in [3.05, 3.63) is 198 Å². The van der Waals surface area contributed by atoms with Crippen LogP contribution < -0.4 is 0 Å². The second-order valence-electron chi connectivity index (χ2n) is 13.3. The Morgan fingerprint density at radius 1 is 0.431 bits per heavy atom. The molecule has 238 valence electrons. The van der Waals surface area contributed by atoms with Crippen LogP contribution in [0.2, 0.25) is 0 Å². The van der Waals surface area contributed by atoms with Gasteiger partial charge in [-0.05, 0) is 57.6 Å². The highest BCUT2D eigenvalue weighted by atomic mass is 32.2. The van der Waals surface area contributed by atoms with Gasteiger partial charge in [0.25, 0.3) is 0 Å². The second-order valence-corrected chi connectivity index (χ2v) is 14.4. The SMILES string of the molecule is c1ccc(-c2cc(-n3c4ccccc4c4cc5c(cc43)C3(c4ccccc4S5)c4ccccc4-c4ccccc43)nc(-c3ccccc3)n2)cc1. The van der Waals surface area contributed by atoms with Gasteiger partial charge in [0.15, 0.2) is 5.82 Å². The van der Waals surface area contributed by atoms with Crippen LogP contribution in [0.25, 0.3) is 61.4 Å². The second kappa shape index (κ2) is 10.9. The van der Waals surface area contributed by atoms with E-state index in [1.165, 1.54) is 53.9 Å². The Bertz CT molecular complexity index is 2730. The molecule has 0 N–H and O–H groups in total. The van der Waals surface area contributed by atoms with Crippen LogP contribution in [0.5, 0.6) is 0 Å². The predicted octanol–water partition coefficient (Wildman–Crippen LogP) is 11.7.